The minimum atomic E-state index is -1.27. The summed E-state index contributed by atoms with van der Waals surface area (Å²) in [5.74, 6) is 0.518. The summed E-state index contributed by atoms with van der Waals surface area (Å²) in [5, 5.41) is 32.6. The standard InChI is InChI=1S/C13H20N6O5/c1-23-3-2-15-13-18-7-10(14)16-5-17-11(7)19(13)12-9(22)8(21)6(4-20)24-12/h5-6,8-9,12,20-22H,2-4H2,1H3,(H,15,18)(H2,14,16,17)/t6-,8+,9-,12+/m0/s1. The Balaban J connectivity index is 2.04. The predicted octanol–water partition coefficient (Wildman–Crippen LogP) is -1.92. The van der Waals surface area contributed by atoms with Gasteiger partial charge in [-0.15, -0.1) is 0 Å². The number of hydrogen-bond acceptors (Lipinski definition) is 10. The third-order valence-corrected chi connectivity index (χ3v) is 3.87. The molecule has 132 valence electrons. The largest absolute Gasteiger partial charge is 0.394 e. The molecule has 0 radical (unpaired) electrons. The molecule has 6 N–H and O–H groups in total. The minimum absolute atomic E-state index is 0.181. The third kappa shape index (κ3) is 2.76. The van der Waals surface area contributed by atoms with Gasteiger partial charge in [0.2, 0.25) is 5.95 Å². The van der Waals surface area contributed by atoms with Crippen LogP contribution in [0.1, 0.15) is 6.23 Å². The van der Waals surface area contributed by atoms with E-state index in [-0.39, 0.29) is 5.82 Å². The Bertz CT molecular complexity index is 709. The SMILES string of the molecule is COCCNc1nc2c(N)ncnc2n1[C@@H]1O[C@@H](CO)[C@@H](O)[C@@H]1O. The average molecular weight is 340 g/mol. The number of fused-ring (bicyclic) bond motifs is 1. The van der Waals surface area contributed by atoms with Gasteiger partial charge in [-0.3, -0.25) is 4.57 Å². The number of nitrogens with two attached hydrogens (primary N) is 1. The maximum absolute atomic E-state index is 10.3. The zero-order valence-electron chi connectivity index (χ0n) is 13.0. The fourth-order valence-electron chi connectivity index (χ4n) is 2.65. The lowest BCUT2D eigenvalue weighted by Gasteiger charge is -2.19. The van der Waals surface area contributed by atoms with E-state index in [0.29, 0.717) is 30.3 Å². The van der Waals surface area contributed by atoms with E-state index in [1.165, 1.54) is 10.9 Å². The zero-order chi connectivity index (χ0) is 17.3. The molecule has 3 rings (SSSR count). The Labute approximate surface area is 137 Å². The van der Waals surface area contributed by atoms with Gasteiger partial charge in [-0.05, 0) is 0 Å². The van der Waals surface area contributed by atoms with E-state index in [4.69, 9.17) is 15.2 Å². The number of aromatic nitrogens is 4. The monoisotopic (exact) mass is 340 g/mol. The number of imidazole rings is 1. The molecule has 1 aliphatic rings. The van der Waals surface area contributed by atoms with Crippen LogP contribution in [-0.4, -0.2) is 80.0 Å². The molecular formula is C13H20N6O5. The van der Waals surface area contributed by atoms with E-state index < -0.39 is 31.1 Å². The van der Waals surface area contributed by atoms with Crippen molar-refractivity contribution in [2.24, 2.45) is 0 Å². The lowest BCUT2D eigenvalue weighted by atomic mass is 10.1. The summed E-state index contributed by atoms with van der Waals surface area (Å²) < 4.78 is 12.1. The van der Waals surface area contributed by atoms with E-state index in [0.717, 1.165) is 0 Å². The summed E-state index contributed by atoms with van der Waals surface area (Å²) in [6, 6.07) is 0. The summed E-state index contributed by atoms with van der Waals surface area (Å²) in [5.41, 5.74) is 6.52. The van der Waals surface area contributed by atoms with Crippen LogP contribution in [0.3, 0.4) is 0 Å². The maximum atomic E-state index is 10.3. The molecule has 0 saturated carbocycles. The molecular weight excluding hydrogens is 320 g/mol. The summed E-state index contributed by atoms with van der Waals surface area (Å²) in [4.78, 5) is 12.4. The molecule has 11 heteroatoms. The van der Waals surface area contributed by atoms with Crippen LogP contribution in [0.25, 0.3) is 11.2 Å². The van der Waals surface area contributed by atoms with Crippen molar-refractivity contribution >= 4 is 22.9 Å². The van der Waals surface area contributed by atoms with Crippen LogP contribution in [0, 0.1) is 0 Å². The Morgan fingerprint density at radius 1 is 1.38 bits per heavy atom. The van der Waals surface area contributed by atoms with Crippen molar-refractivity contribution in [1.82, 2.24) is 19.5 Å². The number of anilines is 2. The molecule has 4 atom stereocenters. The first-order valence-electron chi connectivity index (χ1n) is 7.42. The molecule has 2 aromatic heterocycles. The molecule has 0 spiro atoms. The quantitative estimate of drug-likeness (QED) is 0.375. The van der Waals surface area contributed by atoms with E-state index in [2.05, 4.69) is 20.3 Å². The number of hydrogen-bond donors (Lipinski definition) is 5. The molecule has 0 unspecified atom stereocenters. The van der Waals surface area contributed by atoms with E-state index in [1.807, 2.05) is 0 Å². The number of nitrogens with one attached hydrogen (secondary N) is 1. The van der Waals surface area contributed by atoms with Crippen molar-refractivity contribution in [3.63, 3.8) is 0 Å². The van der Waals surface area contributed by atoms with Crippen LogP contribution in [0.4, 0.5) is 11.8 Å². The van der Waals surface area contributed by atoms with Crippen LogP contribution in [0.5, 0.6) is 0 Å². The van der Waals surface area contributed by atoms with Crippen molar-refractivity contribution in [3.05, 3.63) is 6.33 Å². The number of ether oxygens (including phenoxy) is 2. The van der Waals surface area contributed by atoms with Gasteiger partial charge in [0, 0.05) is 13.7 Å². The predicted molar refractivity (Wildman–Crippen MR) is 83.1 cm³/mol. The van der Waals surface area contributed by atoms with Crippen molar-refractivity contribution in [2.45, 2.75) is 24.5 Å². The molecule has 1 fully saturated rings. The van der Waals surface area contributed by atoms with Crippen molar-refractivity contribution in [2.75, 3.05) is 37.9 Å². The molecule has 24 heavy (non-hydrogen) atoms. The molecule has 0 aromatic carbocycles. The first kappa shape index (κ1) is 16.8. The summed E-state index contributed by atoms with van der Waals surface area (Å²) in [6.07, 6.45) is -3.12. The number of aliphatic hydroxyl groups excluding tert-OH is 3. The van der Waals surface area contributed by atoms with Gasteiger partial charge in [0.1, 0.15) is 24.6 Å². The normalized spacial score (nSPS) is 27.0. The summed E-state index contributed by atoms with van der Waals surface area (Å²) in [6.45, 7) is 0.452. The van der Waals surface area contributed by atoms with Gasteiger partial charge in [-0.1, -0.05) is 0 Å². The smallest absolute Gasteiger partial charge is 0.207 e. The second-order valence-corrected chi connectivity index (χ2v) is 5.38. The lowest BCUT2D eigenvalue weighted by molar-refractivity contribution is -0.0501. The highest BCUT2D eigenvalue weighted by Gasteiger charge is 2.45. The maximum Gasteiger partial charge on any atom is 0.207 e. The van der Waals surface area contributed by atoms with Gasteiger partial charge in [-0.2, -0.15) is 0 Å². The van der Waals surface area contributed by atoms with E-state index >= 15 is 0 Å². The number of nitrogens with zero attached hydrogens (tertiary/aromatic N) is 4. The van der Waals surface area contributed by atoms with Gasteiger partial charge in [0.15, 0.2) is 23.2 Å². The Morgan fingerprint density at radius 2 is 2.17 bits per heavy atom. The molecule has 1 saturated heterocycles. The average Bonchev–Trinajstić information content (AvgIpc) is 3.07. The molecule has 1 aliphatic heterocycles. The van der Waals surface area contributed by atoms with E-state index in [1.54, 1.807) is 7.11 Å². The molecule has 0 aliphatic carbocycles. The van der Waals surface area contributed by atoms with Crippen molar-refractivity contribution in [1.29, 1.82) is 0 Å². The van der Waals surface area contributed by atoms with Crippen LogP contribution in [0.2, 0.25) is 0 Å². The number of rotatable bonds is 6. The van der Waals surface area contributed by atoms with Crippen molar-refractivity contribution < 1.29 is 24.8 Å². The highest BCUT2D eigenvalue weighted by molar-refractivity contribution is 5.84. The number of nitrogen functional groups attached to an aromatic ring is 1. The Hall–Kier alpha value is -2.05. The second kappa shape index (κ2) is 6.83. The van der Waals surface area contributed by atoms with E-state index in [9.17, 15) is 15.3 Å². The van der Waals surface area contributed by atoms with Crippen molar-refractivity contribution in [3.8, 4) is 0 Å². The fourth-order valence-corrected chi connectivity index (χ4v) is 2.65. The third-order valence-electron chi connectivity index (χ3n) is 3.87. The molecule has 3 heterocycles. The van der Waals surface area contributed by atoms with Gasteiger partial charge < -0.3 is 35.8 Å². The van der Waals surface area contributed by atoms with Gasteiger partial charge in [-0.25, -0.2) is 15.0 Å². The Kier molecular flexibility index (Phi) is 4.78. The first-order valence-corrected chi connectivity index (χ1v) is 7.42. The molecule has 0 bridgehead atoms. The zero-order valence-corrected chi connectivity index (χ0v) is 13.0. The molecule has 0 amide bonds. The van der Waals surface area contributed by atoms with Crippen LogP contribution >= 0.6 is 0 Å². The minimum Gasteiger partial charge on any atom is -0.394 e. The summed E-state index contributed by atoms with van der Waals surface area (Å²) >= 11 is 0. The number of aliphatic hydroxyl groups is 3. The highest BCUT2D eigenvalue weighted by atomic mass is 16.6. The molecule has 2 aromatic rings. The highest BCUT2D eigenvalue weighted by Crippen LogP contribution is 2.34. The van der Waals surface area contributed by atoms with Gasteiger partial charge in [0.05, 0.1) is 13.2 Å². The Morgan fingerprint density at radius 3 is 2.83 bits per heavy atom. The second-order valence-electron chi connectivity index (χ2n) is 5.38. The van der Waals surface area contributed by atoms with Gasteiger partial charge >= 0.3 is 0 Å². The van der Waals surface area contributed by atoms with Crippen LogP contribution < -0.4 is 11.1 Å². The number of methoxy groups -OCH3 is 1. The first-order chi connectivity index (χ1) is 11.6. The van der Waals surface area contributed by atoms with Gasteiger partial charge in [0.25, 0.3) is 0 Å². The lowest BCUT2D eigenvalue weighted by Crippen LogP contribution is -2.33. The molecule has 11 nitrogen and oxygen atoms in total. The van der Waals surface area contributed by atoms with Crippen LogP contribution in [-0.2, 0) is 9.47 Å². The topological polar surface area (TPSA) is 161 Å². The fraction of sp³-hybridized carbons (Fsp3) is 0.615. The summed E-state index contributed by atoms with van der Waals surface area (Å²) in [7, 11) is 1.57. The van der Waals surface area contributed by atoms with Crippen LogP contribution in [0.15, 0.2) is 6.33 Å².